The summed E-state index contributed by atoms with van der Waals surface area (Å²) in [6, 6.07) is 6.61. The lowest BCUT2D eigenvalue weighted by Crippen LogP contribution is -2.02. The highest BCUT2D eigenvalue weighted by molar-refractivity contribution is 5.87. The number of ether oxygens (including phenoxy) is 3. The van der Waals surface area contributed by atoms with Crippen molar-refractivity contribution in [1.29, 1.82) is 0 Å². The number of nitro benzene ring substituents is 1. The first-order valence-electron chi connectivity index (χ1n) is 6.72. The van der Waals surface area contributed by atoms with E-state index in [1.54, 1.807) is 31.2 Å². The third-order valence-corrected chi connectivity index (χ3v) is 3.53. The number of hydrogen-bond donors (Lipinski definition) is 1. The first-order chi connectivity index (χ1) is 11.0. The van der Waals surface area contributed by atoms with E-state index < -0.39 is 4.92 Å². The number of phenols is 1. The maximum absolute atomic E-state index is 11.6. The summed E-state index contributed by atoms with van der Waals surface area (Å²) in [5, 5.41) is 22.1. The van der Waals surface area contributed by atoms with Crippen molar-refractivity contribution in [1.82, 2.24) is 0 Å². The lowest BCUT2D eigenvalue weighted by atomic mass is 9.98. The average Bonchev–Trinajstić information content (AvgIpc) is 2.54. The molecule has 0 aliphatic rings. The van der Waals surface area contributed by atoms with E-state index in [9.17, 15) is 15.2 Å². The van der Waals surface area contributed by atoms with Gasteiger partial charge < -0.3 is 19.3 Å². The molecule has 0 bridgehead atoms. The van der Waals surface area contributed by atoms with E-state index in [2.05, 4.69) is 0 Å². The van der Waals surface area contributed by atoms with Crippen LogP contribution in [0.1, 0.15) is 5.56 Å². The Balaban J connectivity index is 2.92. The van der Waals surface area contributed by atoms with Gasteiger partial charge in [-0.2, -0.15) is 0 Å². The van der Waals surface area contributed by atoms with Crippen molar-refractivity contribution in [2.45, 2.75) is 6.92 Å². The molecule has 0 saturated carbocycles. The molecule has 0 aromatic heterocycles. The smallest absolute Gasteiger partial charge is 0.322 e. The van der Waals surface area contributed by atoms with Crippen LogP contribution < -0.4 is 14.2 Å². The molecule has 0 unspecified atom stereocenters. The predicted molar refractivity (Wildman–Crippen MR) is 84.6 cm³/mol. The minimum Gasteiger partial charge on any atom is -0.504 e. The molecule has 0 aliphatic carbocycles. The molecule has 0 heterocycles. The molecule has 2 rings (SSSR count). The Bertz CT molecular complexity index is 757. The van der Waals surface area contributed by atoms with Crippen molar-refractivity contribution < 1.29 is 24.2 Å². The minimum atomic E-state index is -0.584. The van der Waals surface area contributed by atoms with Gasteiger partial charge in [0.1, 0.15) is 11.3 Å². The summed E-state index contributed by atoms with van der Waals surface area (Å²) in [7, 11) is 4.20. The molecule has 2 aromatic rings. The summed E-state index contributed by atoms with van der Waals surface area (Å²) in [5.74, 6) is 0.369. The van der Waals surface area contributed by atoms with E-state index in [4.69, 9.17) is 14.2 Å². The number of benzene rings is 2. The summed E-state index contributed by atoms with van der Waals surface area (Å²) in [4.78, 5) is 11.0. The molecule has 122 valence electrons. The van der Waals surface area contributed by atoms with Gasteiger partial charge in [0.15, 0.2) is 11.5 Å². The number of phenolic OH excluding ortho intramolecular Hbond substituents is 1. The van der Waals surface area contributed by atoms with Crippen LogP contribution in [0.5, 0.6) is 23.0 Å². The number of methoxy groups -OCH3 is 3. The molecule has 0 spiro atoms. The van der Waals surface area contributed by atoms with Crippen LogP contribution in [0.3, 0.4) is 0 Å². The van der Waals surface area contributed by atoms with Crippen molar-refractivity contribution >= 4 is 5.69 Å². The van der Waals surface area contributed by atoms with Gasteiger partial charge in [-0.3, -0.25) is 10.1 Å². The molecular weight excluding hydrogens is 302 g/mol. The monoisotopic (exact) mass is 319 g/mol. The van der Waals surface area contributed by atoms with Gasteiger partial charge in [0.05, 0.1) is 26.3 Å². The summed E-state index contributed by atoms with van der Waals surface area (Å²) in [6.45, 7) is 1.58. The van der Waals surface area contributed by atoms with Gasteiger partial charge in [0.25, 0.3) is 0 Å². The molecule has 1 N–H and O–H groups in total. The van der Waals surface area contributed by atoms with Crippen LogP contribution in [0.2, 0.25) is 0 Å². The molecule has 23 heavy (non-hydrogen) atoms. The zero-order valence-electron chi connectivity index (χ0n) is 13.2. The highest BCUT2D eigenvalue weighted by atomic mass is 16.6. The van der Waals surface area contributed by atoms with Gasteiger partial charge in [-0.1, -0.05) is 12.1 Å². The first-order valence-corrected chi connectivity index (χ1v) is 6.72. The Morgan fingerprint density at radius 3 is 2.26 bits per heavy atom. The Hall–Kier alpha value is -2.96. The largest absolute Gasteiger partial charge is 0.504 e. The fourth-order valence-corrected chi connectivity index (χ4v) is 2.52. The Morgan fingerprint density at radius 2 is 1.74 bits per heavy atom. The molecule has 0 radical (unpaired) electrons. The van der Waals surface area contributed by atoms with Gasteiger partial charge in [-0.05, 0) is 24.6 Å². The standard InChI is InChI=1S/C16H17NO6/c1-9-15(22-3)13(17(19)20)12(14(18)16(9)23-4)10-6-5-7-11(8-10)21-2/h5-8,18H,1-4H3. The quantitative estimate of drug-likeness (QED) is 0.671. The normalized spacial score (nSPS) is 10.3. The molecule has 2 aromatic carbocycles. The maximum atomic E-state index is 11.6. The van der Waals surface area contributed by atoms with Crippen LogP contribution in [0, 0.1) is 17.0 Å². The molecule has 7 heteroatoms. The van der Waals surface area contributed by atoms with Crippen LogP contribution in [0.4, 0.5) is 5.69 Å². The fraction of sp³-hybridized carbons (Fsp3) is 0.250. The zero-order chi connectivity index (χ0) is 17.1. The molecule has 0 fully saturated rings. The van der Waals surface area contributed by atoms with Gasteiger partial charge >= 0.3 is 5.69 Å². The average molecular weight is 319 g/mol. The number of nitro groups is 1. The van der Waals surface area contributed by atoms with E-state index in [-0.39, 0.29) is 28.5 Å². The highest BCUT2D eigenvalue weighted by Gasteiger charge is 2.32. The topological polar surface area (TPSA) is 91.1 Å². The zero-order valence-corrected chi connectivity index (χ0v) is 13.2. The highest BCUT2D eigenvalue weighted by Crippen LogP contribution is 2.52. The van der Waals surface area contributed by atoms with Gasteiger partial charge in [0.2, 0.25) is 5.75 Å². The Kier molecular flexibility index (Phi) is 4.59. The van der Waals surface area contributed by atoms with E-state index in [0.717, 1.165) is 0 Å². The second kappa shape index (κ2) is 6.43. The van der Waals surface area contributed by atoms with E-state index in [1.807, 2.05) is 0 Å². The molecular formula is C16H17NO6. The predicted octanol–water partition coefficient (Wildman–Crippen LogP) is 3.30. The molecule has 0 aliphatic heterocycles. The van der Waals surface area contributed by atoms with Crippen LogP contribution in [0.15, 0.2) is 24.3 Å². The van der Waals surface area contributed by atoms with Crippen molar-refractivity contribution in [3.8, 4) is 34.1 Å². The molecule has 7 nitrogen and oxygen atoms in total. The number of hydrogen-bond acceptors (Lipinski definition) is 6. The number of rotatable bonds is 5. The van der Waals surface area contributed by atoms with Crippen molar-refractivity contribution in [2.24, 2.45) is 0 Å². The fourth-order valence-electron chi connectivity index (χ4n) is 2.52. The van der Waals surface area contributed by atoms with Crippen LogP contribution in [-0.2, 0) is 0 Å². The van der Waals surface area contributed by atoms with Crippen molar-refractivity contribution in [3.05, 3.63) is 39.9 Å². The first kappa shape index (κ1) is 16.4. The van der Waals surface area contributed by atoms with Gasteiger partial charge in [0, 0.05) is 5.56 Å². The second-order valence-corrected chi connectivity index (χ2v) is 4.75. The lowest BCUT2D eigenvalue weighted by molar-refractivity contribution is -0.385. The van der Waals surface area contributed by atoms with Crippen LogP contribution in [0.25, 0.3) is 11.1 Å². The SMILES string of the molecule is COc1cccc(-c2c(O)c(OC)c(C)c(OC)c2[N+](=O)[O-])c1. The van der Waals surface area contributed by atoms with Gasteiger partial charge in [-0.15, -0.1) is 0 Å². The van der Waals surface area contributed by atoms with E-state index >= 15 is 0 Å². The minimum absolute atomic E-state index is 0.0215. The Labute approximate surface area is 133 Å². The van der Waals surface area contributed by atoms with E-state index in [0.29, 0.717) is 16.9 Å². The van der Waals surface area contributed by atoms with Crippen LogP contribution in [-0.4, -0.2) is 31.4 Å². The van der Waals surface area contributed by atoms with Crippen LogP contribution >= 0.6 is 0 Å². The van der Waals surface area contributed by atoms with Crippen molar-refractivity contribution in [2.75, 3.05) is 21.3 Å². The summed E-state index contributed by atoms with van der Waals surface area (Å²) in [6.07, 6.45) is 0. The molecule has 0 saturated heterocycles. The summed E-state index contributed by atoms with van der Waals surface area (Å²) >= 11 is 0. The Morgan fingerprint density at radius 1 is 1.09 bits per heavy atom. The third-order valence-electron chi connectivity index (χ3n) is 3.53. The summed E-state index contributed by atoms with van der Waals surface area (Å²) in [5.41, 5.74) is 0.473. The second-order valence-electron chi connectivity index (χ2n) is 4.75. The lowest BCUT2D eigenvalue weighted by Gasteiger charge is -2.16. The maximum Gasteiger partial charge on any atom is 0.322 e. The van der Waals surface area contributed by atoms with E-state index in [1.165, 1.54) is 21.3 Å². The molecule has 0 amide bonds. The van der Waals surface area contributed by atoms with Crippen molar-refractivity contribution in [3.63, 3.8) is 0 Å². The molecule has 0 atom stereocenters. The van der Waals surface area contributed by atoms with Gasteiger partial charge in [-0.25, -0.2) is 0 Å². The number of aromatic hydroxyl groups is 1. The summed E-state index contributed by atoms with van der Waals surface area (Å²) < 4.78 is 15.5. The third kappa shape index (κ3) is 2.73. The number of nitrogens with zero attached hydrogens (tertiary/aromatic N) is 1.